The van der Waals surface area contributed by atoms with Crippen LogP contribution in [0.2, 0.25) is 0 Å². The monoisotopic (exact) mass is 295 g/mol. The van der Waals surface area contributed by atoms with Gasteiger partial charge in [0.2, 0.25) is 0 Å². The highest BCUT2D eigenvalue weighted by Crippen LogP contribution is 2.22. The minimum absolute atomic E-state index is 0.291. The summed E-state index contributed by atoms with van der Waals surface area (Å²) in [6.07, 6.45) is 3.94. The Kier molecular flexibility index (Phi) is 3.37. The minimum atomic E-state index is -2.80. The van der Waals surface area contributed by atoms with Crippen molar-refractivity contribution in [2.24, 2.45) is 5.92 Å². The van der Waals surface area contributed by atoms with Crippen LogP contribution in [0.5, 0.6) is 5.75 Å². The Morgan fingerprint density at radius 1 is 1.35 bits per heavy atom. The molecule has 108 valence electrons. The van der Waals surface area contributed by atoms with Crippen LogP contribution < -0.4 is 4.74 Å². The van der Waals surface area contributed by atoms with Crippen molar-refractivity contribution in [3.05, 3.63) is 24.2 Å². The van der Waals surface area contributed by atoms with Gasteiger partial charge in [0.25, 0.3) is 0 Å². The van der Waals surface area contributed by atoms with Gasteiger partial charge in [-0.2, -0.15) is 5.10 Å². The topological polar surface area (TPSA) is 73.6 Å². The summed E-state index contributed by atoms with van der Waals surface area (Å²) in [4.78, 5) is 4.47. The molecular formula is C13H17N3O3S. The van der Waals surface area contributed by atoms with Crippen molar-refractivity contribution in [3.63, 3.8) is 0 Å². The van der Waals surface area contributed by atoms with E-state index in [2.05, 4.69) is 10.1 Å². The van der Waals surface area contributed by atoms with Crippen molar-refractivity contribution in [1.29, 1.82) is 0 Å². The van der Waals surface area contributed by atoms with E-state index >= 15 is 0 Å². The normalized spacial score (nSPS) is 19.2. The summed E-state index contributed by atoms with van der Waals surface area (Å²) in [6.45, 7) is 0. The number of rotatable bonds is 3. The number of fused-ring (bicyclic) bond motifs is 1. The summed E-state index contributed by atoms with van der Waals surface area (Å²) in [5, 5.41) is 4.43. The summed E-state index contributed by atoms with van der Waals surface area (Å²) in [7, 11) is -1.19. The van der Waals surface area contributed by atoms with Gasteiger partial charge in [-0.3, -0.25) is 0 Å². The maximum Gasteiger partial charge on any atom is 0.155 e. The quantitative estimate of drug-likeness (QED) is 0.848. The van der Waals surface area contributed by atoms with E-state index in [0.717, 1.165) is 23.6 Å². The van der Waals surface area contributed by atoms with Crippen LogP contribution in [-0.2, 0) is 16.3 Å². The van der Waals surface area contributed by atoms with Crippen molar-refractivity contribution >= 4 is 15.5 Å². The van der Waals surface area contributed by atoms with E-state index in [4.69, 9.17) is 4.74 Å². The number of methoxy groups -OCH3 is 1. The van der Waals surface area contributed by atoms with Crippen molar-refractivity contribution in [2.75, 3.05) is 18.6 Å². The molecule has 0 unspecified atom stereocenters. The summed E-state index contributed by atoms with van der Waals surface area (Å²) in [5.74, 6) is 2.44. The summed E-state index contributed by atoms with van der Waals surface area (Å²) >= 11 is 0. The average molecular weight is 295 g/mol. The molecule has 0 radical (unpaired) electrons. The smallest absolute Gasteiger partial charge is 0.155 e. The van der Waals surface area contributed by atoms with Crippen molar-refractivity contribution in [3.8, 4) is 5.75 Å². The molecule has 1 fully saturated rings. The zero-order valence-corrected chi connectivity index (χ0v) is 12.1. The maximum absolute atomic E-state index is 11.4. The molecule has 1 aliphatic rings. The fourth-order valence-corrected chi connectivity index (χ4v) is 4.11. The number of ether oxygens (including phenoxy) is 1. The fraction of sp³-hybridized carbons (Fsp3) is 0.538. The van der Waals surface area contributed by atoms with E-state index in [0.29, 0.717) is 30.3 Å². The molecule has 1 saturated heterocycles. The molecule has 1 aliphatic heterocycles. The highest BCUT2D eigenvalue weighted by atomic mass is 32.2. The Balaban J connectivity index is 1.75. The SMILES string of the molecule is COc1ccc2nc(CC3CCS(=O)(=O)CC3)nn2c1. The molecule has 0 spiro atoms. The number of aromatic nitrogens is 3. The predicted octanol–water partition coefficient (Wildman–Crippen LogP) is 1.11. The second kappa shape index (κ2) is 5.05. The largest absolute Gasteiger partial charge is 0.495 e. The van der Waals surface area contributed by atoms with Gasteiger partial charge in [-0.1, -0.05) is 0 Å². The molecule has 2 aromatic rings. The maximum atomic E-state index is 11.4. The molecule has 0 amide bonds. The Bertz CT molecular complexity index is 710. The Morgan fingerprint density at radius 3 is 2.80 bits per heavy atom. The van der Waals surface area contributed by atoms with E-state index < -0.39 is 9.84 Å². The van der Waals surface area contributed by atoms with Crippen molar-refractivity contribution in [2.45, 2.75) is 19.3 Å². The zero-order chi connectivity index (χ0) is 14.2. The Labute approximate surface area is 117 Å². The molecule has 0 aliphatic carbocycles. The third-order valence-electron chi connectivity index (χ3n) is 3.73. The van der Waals surface area contributed by atoms with Gasteiger partial charge < -0.3 is 4.74 Å². The molecule has 3 rings (SSSR count). The van der Waals surface area contributed by atoms with Gasteiger partial charge in [0.1, 0.15) is 15.6 Å². The van der Waals surface area contributed by atoms with E-state index in [1.54, 1.807) is 17.8 Å². The number of nitrogens with zero attached hydrogens (tertiary/aromatic N) is 3. The highest BCUT2D eigenvalue weighted by molar-refractivity contribution is 7.91. The molecule has 0 bridgehead atoms. The van der Waals surface area contributed by atoms with Crippen LogP contribution in [0, 0.1) is 5.92 Å². The average Bonchev–Trinajstić information content (AvgIpc) is 2.82. The number of hydrogen-bond donors (Lipinski definition) is 0. The van der Waals surface area contributed by atoms with Gasteiger partial charge in [0.05, 0.1) is 24.8 Å². The first kappa shape index (κ1) is 13.4. The standard InChI is InChI=1S/C13H17N3O3S/c1-19-11-2-3-13-14-12(15-16(13)9-11)8-10-4-6-20(17,18)7-5-10/h2-3,9-10H,4-8H2,1H3. The molecule has 0 saturated carbocycles. The zero-order valence-electron chi connectivity index (χ0n) is 11.3. The van der Waals surface area contributed by atoms with Crippen molar-refractivity contribution < 1.29 is 13.2 Å². The molecule has 7 heteroatoms. The second-order valence-corrected chi connectivity index (χ2v) is 7.50. The first-order valence-electron chi connectivity index (χ1n) is 6.65. The predicted molar refractivity (Wildman–Crippen MR) is 74.6 cm³/mol. The summed E-state index contributed by atoms with van der Waals surface area (Å²) < 4.78 is 29.7. The van der Waals surface area contributed by atoms with E-state index in [9.17, 15) is 8.42 Å². The third-order valence-corrected chi connectivity index (χ3v) is 5.44. The highest BCUT2D eigenvalue weighted by Gasteiger charge is 2.24. The van der Waals surface area contributed by atoms with Crippen LogP contribution in [0.25, 0.3) is 5.65 Å². The molecular weight excluding hydrogens is 278 g/mol. The summed E-state index contributed by atoms with van der Waals surface area (Å²) in [5.41, 5.74) is 0.782. The number of hydrogen-bond acceptors (Lipinski definition) is 5. The third kappa shape index (κ3) is 2.77. The molecule has 6 nitrogen and oxygen atoms in total. The van der Waals surface area contributed by atoms with Crippen LogP contribution >= 0.6 is 0 Å². The van der Waals surface area contributed by atoms with Crippen LogP contribution in [0.1, 0.15) is 18.7 Å². The van der Waals surface area contributed by atoms with Crippen LogP contribution in [0.3, 0.4) is 0 Å². The Morgan fingerprint density at radius 2 is 2.10 bits per heavy atom. The second-order valence-electron chi connectivity index (χ2n) is 5.20. The summed E-state index contributed by atoms with van der Waals surface area (Å²) in [6, 6.07) is 3.71. The molecule has 2 aromatic heterocycles. The van der Waals surface area contributed by atoms with Crippen LogP contribution in [0.4, 0.5) is 0 Å². The van der Waals surface area contributed by atoms with Gasteiger partial charge in [-0.25, -0.2) is 17.9 Å². The van der Waals surface area contributed by atoms with Gasteiger partial charge >= 0.3 is 0 Å². The number of sulfone groups is 1. The van der Waals surface area contributed by atoms with Gasteiger partial charge in [0, 0.05) is 6.42 Å². The molecule has 0 atom stereocenters. The van der Waals surface area contributed by atoms with Gasteiger partial charge in [-0.15, -0.1) is 0 Å². The fourth-order valence-electron chi connectivity index (χ4n) is 2.52. The first-order chi connectivity index (χ1) is 9.55. The lowest BCUT2D eigenvalue weighted by Gasteiger charge is -2.20. The molecule has 20 heavy (non-hydrogen) atoms. The lowest BCUT2D eigenvalue weighted by molar-refractivity contribution is 0.411. The van der Waals surface area contributed by atoms with E-state index in [1.165, 1.54) is 0 Å². The molecule has 0 N–H and O–H groups in total. The minimum Gasteiger partial charge on any atom is -0.495 e. The lowest BCUT2D eigenvalue weighted by Crippen LogP contribution is -2.24. The van der Waals surface area contributed by atoms with Gasteiger partial charge in [-0.05, 0) is 30.9 Å². The molecule has 0 aromatic carbocycles. The van der Waals surface area contributed by atoms with Crippen LogP contribution in [-0.4, -0.2) is 41.6 Å². The first-order valence-corrected chi connectivity index (χ1v) is 8.47. The number of pyridine rings is 1. The lowest BCUT2D eigenvalue weighted by atomic mass is 9.99. The van der Waals surface area contributed by atoms with Crippen molar-refractivity contribution in [1.82, 2.24) is 14.6 Å². The Hall–Kier alpha value is -1.63. The van der Waals surface area contributed by atoms with E-state index in [-0.39, 0.29) is 0 Å². The van der Waals surface area contributed by atoms with Gasteiger partial charge in [0.15, 0.2) is 11.5 Å². The van der Waals surface area contributed by atoms with Crippen LogP contribution in [0.15, 0.2) is 18.3 Å². The van der Waals surface area contributed by atoms with E-state index in [1.807, 2.05) is 12.1 Å². The molecule has 3 heterocycles.